The molecule has 2 heterocycles. The van der Waals surface area contributed by atoms with Gasteiger partial charge in [0.05, 0.1) is 0 Å². The molecule has 1 saturated heterocycles. The van der Waals surface area contributed by atoms with Crippen molar-refractivity contribution in [3.63, 3.8) is 0 Å². The summed E-state index contributed by atoms with van der Waals surface area (Å²) in [4.78, 5) is 16.9. The Morgan fingerprint density at radius 1 is 1.23 bits per heavy atom. The standard InChI is InChI=1S/C17H21N3O.BrH/c21-16(15-6-9-18-10-7-15)17-19-11-13-20(17)12-8-14-4-2-1-3-5-14;/h1-5,11,13,15,18H,6-10,12H2;1H. The normalized spacial score (nSPS) is 15.3. The molecule has 1 aromatic carbocycles. The fourth-order valence-corrected chi connectivity index (χ4v) is 2.88. The van der Waals surface area contributed by atoms with Gasteiger partial charge in [0.1, 0.15) is 0 Å². The molecule has 118 valence electrons. The molecule has 1 aliphatic rings. The summed E-state index contributed by atoms with van der Waals surface area (Å²) in [5.41, 5.74) is 1.28. The van der Waals surface area contributed by atoms with Crippen LogP contribution in [0.3, 0.4) is 0 Å². The second-order valence-corrected chi connectivity index (χ2v) is 5.57. The SMILES string of the molecule is Br.O=C(c1nccn1CCc1ccccc1)C1CCNCC1. The van der Waals surface area contributed by atoms with E-state index >= 15 is 0 Å². The van der Waals surface area contributed by atoms with Gasteiger partial charge in [0.2, 0.25) is 5.78 Å². The Kier molecular flexibility index (Phi) is 6.34. The lowest BCUT2D eigenvalue weighted by Gasteiger charge is -2.21. The fourth-order valence-electron chi connectivity index (χ4n) is 2.88. The Balaban J connectivity index is 0.00000176. The van der Waals surface area contributed by atoms with E-state index in [1.807, 2.05) is 29.0 Å². The maximum atomic E-state index is 12.6. The van der Waals surface area contributed by atoms with E-state index in [2.05, 4.69) is 22.4 Å². The molecule has 1 fully saturated rings. The van der Waals surface area contributed by atoms with E-state index in [1.165, 1.54) is 5.56 Å². The molecule has 0 saturated carbocycles. The highest BCUT2D eigenvalue weighted by molar-refractivity contribution is 8.93. The van der Waals surface area contributed by atoms with Gasteiger partial charge in [-0.1, -0.05) is 30.3 Å². The lowest BCUT2D eigenvalue weighted by molar-refractivity contribution is 0.0879. The second-order valence-electron chi connectivity index (χ2n) is 5.57. The lowest BCUT2D eigenvalue weighted by atomic mass is 9.93. The first kappa shape index (κ1) is 16.9. The number of nitrogens with zero attached hydrogens (tertiary/aromatic N) is 2. The van der Waals surface area contributed by atoms with Crippen molar-refractivity contribution in [3.05, 3.63) is 54.1 Å². The number of imidazole rings is 1. The molecule has 5 heteroatoms. The van der Waals surface area contributed by atoms with E-state index in [9.17, 15) is 4.79 Å². The summed E-state index contributed by atoms with van der Waals surface area (Å²) in [5.74, 6) is 0.955. The Morgan fingerprint density at radius 2 is 1.95 bits per heavy atom. The van der Waals surface area contributed by atoms with Crippen LogP contribution in [0.4, 0.5) is 0 Å². The predicted molar refractivity (Wildman–Crippen MR) is 92.6 cm³/mol. The van der Waals surface area contributed by atoms with E-state index in [-0.39, 0.29) is 28.7 Å². The van der Waals surface area contributed by atoms with Crippen molar-refractivity contribution < 1.29 is 4.79 Å². The number of halogens is 1. The molecular formula is C17H22BrN3O. The molecule has 0 aliphatic carbocycles. The van der Waals surface area contributed by atoms with E-state index < -0.39 is 0 Å². The van der Waals surface area contributed by atoms with Crippen LogP contribution in [-0.4, -0.2) is 28.4 Å². The summed E-state index contributed by atoms with van der Waals surface area (Å²) in [5, 5.41) is 3.30. The fraction of sp³-hybridized carbons (Fsp3) is 0.412. The molecule has 0 spiro atoms. The first-order valence-electron chi connectivity index (χ1n) is 7.64. The first-order valence-corrected chi connectivity index (χ1v) is 7.64. The van der Waals surface area contributed by atoms with Crippen molar-refractivity contribution in [2.45, 2.75) is 25.8 Å². The number of benzene rings is 1. The third-order valence-corrected chi connectivity index (χ3v) is 4.13. The third-order valence-electron chi connectivity index (χ3n) is 4.13. The van der Waals surface area contributed by atoms with Crippen molar-refractivity contribution in [3.8, 4) is 0 Å². The van der Waals surface area contributed by atoms with Gasteiger partial charge >= 0.3 is 0 Å². The maximum Gasteiger partial charge on any atom is 0.201 e. The van der Waals surface area contributed by atoms with Crippen LogP contribution in [0.2, 0.25) is 0 Å². The zero-order valence-electron chi connectivity index (χ0n) is 12.6. The number of rotatable bonds is 5. The highest BCUT2D eigenvalue weighted by Gasteiger charge is 2.25. The van der Waals surface area contributed by atoms with Crippen molar-refractivity contribution in [1.82, 2.24) is 14.9 Å². The quantitative estimate of drug-likeness (QED) is 0.830. The average molecular weight is 364 g/mol. The summed E-state index contributed by atoms with van der Waals surface area (Å²) in [6.07, 6.45) is 6.41. The molecule has 0 amide bonds. The first-order chi connectivity index (χ1) is 10.3. The molecule has 1 aromatic heterocycles. The summed E-state index contributed by atoms with van der Waals surface area (Å²) >= 11 is 0. The molecule has 3 rings (SSSR count). The van der Waals surface area contributed by atoms with Crippen LogP contribution in [-0.2, 0) is 13.0 Å². The molecule has 0 radical (unpaired) electrons. The van der Waals surface area contributed by atoms with Crippen LogP contribution in [0, 0.1) is 5.92 Å². The highest BCUT2D eigenvalue weighted by atomic mass is 79.9. The van der Waals surface area contributed by atoms with Gasteiger partial charge in [-0.2, -0.15) is 0 Å². The molecule has 2 aromatic rings. The number of hydrogen-bond donors (Lipinski definition) is 1. The average Bonchev–Trinajstić information content (AvgIpc) is 3.02. The van der Waals surface area contributed by atoms with Crippen LogP contribution in [0.1, 0.15) is 29.0 Å². The highest BCUT2D eigenvalue weighted by Crippen LogP contribution is 2.17. The van der Waals surface area contributed by atoms with E-state index in [0.29, 0.717) is 5.82 Å². The van der Waals surface area contributed by atoms with Crippen LogP contribution in [0.15, 0.2) is 42.7 Å². The van der Waals surface area contributed by atoms with Crippen LogP contribution in [0.5, 0.6) is 0 Å². The zero-order chi connectivity index (χ0) is 14.5. The topological polar surface area (TPSA) is 46.9 Å². The molecule has 0 unspecified atom stereocenters. The van der Waals surface area contributed by atoms with Gasteiger partial charge in [-0.05, 0) is 37.9 Å². The van der Waals surface area contributed by atoms with Gasteiger partial charge in [0, 0.05) is 24.9 Å². The summed E-state index contributed by atoms with van der Waals surface area (Å²) in [6, 6.07) is 10.3. The predicted octanol–water partition coefficient (Wildman–Crippen LogP) is 2.89. The number of aryl methyl sites for hydroxylation is 2. The van der Waals surface area contributed by atoms with E-state index in [0.717, 1.165) is 38.9 Å². The number of nitrogens with one attached hydrogen (secondary N) is 1. The molecule has 22 heavy (non-hydrogen) atoms. The Hall–Kier alpha value is -1.46. The van der Waals surface area contributed by atoms with E-state index in [1.54, 1.807) is 6.20 Å². The van der Waals surface area contributed by atoms with Gasteiger partial charge in [-0.3, -0.25) is 4.79 Å². The third kappa shape index (κ3) is 4.05. The van der Waals surface area contributed by atoms with E-state index in [4.69, 9.17) is 0 Å². The van der Waals surface area contributed by atoms with Crippen molar-refractivity contribution >= 4 is 22.8 Å². The van der Waals surface area contributed by atoms with Gasteiger partial charge in [0.25, 0.3) is 0 Å². The monoisotopic (exact) mass is 363 g/mol. The number of hydrogen-bond acceptors (Lipinski definition) is 3. The van der Waals surface area contributed by atoms with Crippen LogP contribution in [0.25, 0.3) is 0 Å². The number of carbonyl (C=O) groups excluding carboxylic acids is 1. The summed E-state index contributed by atoms with van der Waals surface area (Å²) in [6.45, 7) is 2.66. The second kappa shape index (κ2) is 8.25. The molecule has 4 nitrogen and oxygen atoms in total. The minimum absolute atomic E-state index is 0. The molecule has 1 aliphatic heterocycles. The lowest BCUT2D eigenvalue weighted by Crippen LogP contribution is -2.33. The van der Waals surface area contributed by atoms with Crippen LogP contribution >= 0.6 is 17.0 Å². The van der Waals surface area contributed by atoms with Crippen LogP contribution < -0.4 is 5.32 Å². The molecule has 0 bridgehead atoms. The zero-order valence-corrected chi connectivity index (χ0v) is 14.3. The minimum Gasteiger partial charge on any atom is -0.328 e. The number of aromatic nitrogens is 2. The van der Waals surface area contributed by atoms with Gasteiger partial charge in [0.15, 0.2) is 5.82 Å². The summed E-state index contributed by atoms with van der Waals surface area (Å²) < 4.78 is 2.00. The molecule has 1 N–H and O–H groups in total. The van der Waals surface area contributed by atoms with Crippen molar-refractivity contribution in [2.75, 3.05) is 13.1 Å². The Bertz CT molecular complexity index is 591. The Morgan fingerprint density at radius 3 is 2.68 bits per heavy atom. The minimum atomic E-state index is 0. The van der Waals surface area contributed by atoms with Gasteiger partial charge < -0.3 is 9.88 Å². The number of carbonyl (C=O) groups is 1. The smallest absolute Gasteiger partial charge is 0.201 e. The molecular weight excluding hydrogens is 342 g/mol. The molecule has 0 atom stereocenters. The maximum absolute atomic E-state index is 12.6. The van der Waals surface area contributed by atoms with Gasteiger partial charge in [-0.15, -0.1) is 17.0 Å². The van der Waals surface area contributed by atoms with Crippen molar-refractivity contribution in [2.24, 2.45) is 5.92 Å². The Labute approximate surface area is 141 Å². The van der Waals surface area contributed by atoms with Crippen molar-refractivity contribution in [1.29, 1.82) is 0 Å². The largest absolute Gasteiger partial charge is 0.328 e. The van der Waals surface area contributed by atoms with Gasteiger partial charge in [-0.25, -0.2) is 4.98 Å². The summed E-state index contributed by atoms with van der Waals surface area (Å²) in [7, 11) is 0. The number of Topliss-reactive ketones (excluding diaryl/α,β-unsaturated/α-hetero) is 1. The number of piperidine rings is 1. The number of ketones is 1.